The van der Waals surface area contributed by atoms with Crippen LogP contribution in [0.25, 0.3) is 11.0 Å². The number of hydrazine groups is 1. The quantitative estimate of drug-likeness (QED) is 0.555. The van der Waals surface area contributed by atoms with Gasteiger partial charge in [0.1, 0.15) is 0 Å². The summed E-state index contributed by atoms with van der Waals surface area (Å²) < 4.78 is 0. The van der Waals surface area contributed by atoms with Gasteiger partial charge in [-0.15, -0.1) is 0 Å². The number of aromatic nitrogens is 3. The molecule has 5 nitrogen and oxygen atoms in total. The lowest BCUT2D eigenvalue weighted by molar-refractivity contribution is 0.548. The third-order valence-electron chi connectivity index (χ3n) is 3.25. The summed E-state index contributed by atoms with van der Waals surface area (Å²) in [5.74, 6) is 5.72. The highest BCUT2D eigenvalue weighted by molar-refractivity contribution is 5.78. The number of rotatable bonds is 4. The van der Waals surface area contributed by atoms with E-state index < -0.39 is 0 Å². The Morgan fingerprint density at radius 1 is 0.950 bits per heavy atom. The Hall–Kier alpha value is -2.37. The number of nitrogens with two attached hydrogens (primary N) is 1. The first-order valence-electron chi connectivity index (χ1n) is 6.44. The number of benzene rings is 1. The highest BCUT2D eigenvalue weighted by atomic mass is 15.2. The van der Waals surface area contributed by atoms with Gasteiger partial charge in [0, 0.05) is 30.7 Å². The normalized spacial score (nSPS) is 12.4. The third-order valence-corrected chi connectivity index (χ3v) is 3.25. The zero-order valence-electron chi connectivity index (χ0n) is 10.9. The van der Waals surface area contributed by atoms with Crippen molar-refractivity contribution in [2.75, 3.05) is 0 Å². The Morgan fingerprint density at radius 2 is 1.85 bits per heavy atom. The second kappa shape index (κ2) is 5.73. The third kappa shape index (κ3) is 2.49. The van der Waals surface area contributed by atoms with Crippen LogP contribution in [-0.2, 0) is 6.42 Å². The molecule has 0 fully saturated rings. The maximum atomic E-state index is 5.72. The fourth-order valence-corrected chi connectivity index (χ4v) is 2.28. The topological polar surface area (TPSA) is 76.7 Å². The summed E-state index contributed by atoms with van der Waals surface area (Å²) in [5.41, 5.74) is 6.60. The zero-order valence-corrected chi connectivity index (χ0v) is 10.9. The van der Waals surface area contributed by atoms with E-state index in [9.17, 15) is 0 Å². The van der Waals surface area contributed by atoms with Crippen LogP contribution in [0.5, 0.6) is 0 Å². The number of para-hydroxylation sites is 1. The highest BCUT2D eigenvalue weighted by Gasteiger charge is 2.15. The van der Waals surface area contributed by atoms with Gasteiger partial charge < -0.3 is 0 Å². The van der Waals surface area contributed by atoms with Gasteiger partial charge in [0.15, 0.2) is 0 Å². The molecule has 0 saturated heterocycles. The predicted octanol–water partition coefficient (Wildman–Crippen LogP) is 1.77. The molecule has 3 N–H and O–H groups in total. The standard InChI is InChI=1S/C15H15N5/c16-20-14(10-11-4-1-2-7-17-11)12-5-3-6-13-15(12)19-9-8-18-13/h1-9,14,20H,10,16H2. The van der Waals surface area contributed by atoms with Crippen LogP contribution < -0.4 is 11.3 Å². The van der Waals surface area contributed by atoms with Gasteiger partial charge in [0.05, 0.1) is 17.1 Å². The minimum Gasteiger partial charge on any atom is -0.271 e. The Kier molecular flexibility index (Phi) is 3.62. The molecular formula is C15H15N5. The summed E-state index contributed by atoms with van der Waals surface area (Å²) in [4.78, 5) is 13.1. The molecule has 0 aliphatic rings. The van der Waals surface area contributed by atoms with E-state index >= 15 is 0 Å². The second-order valence-corrected chi connectivity index (χ2v) is 4.52. The first-order valence-corrected chi connectivity index (χ1v) is 6.44. The molecule has 0 aliphatic heterocycles. The molecule has 0 aliphatic carbocycles. The van der Waals surface area contributed by atoms with Crippen molar-refractivity contribution >= 4 is 11.0 Å². The average Bonchev–Trinajstić information content (AvgIpc) is 2.53. The fraction of sp³-hybridized carbons (Fsp3) is 0.133. The smallest absolute Gasteiger partial charge is 0.0935 e. The lowest BCUT2D eigenvalue weighted by Gasteiger charge is -2.17. The van der Waals surface area contributed by atoms with Crippen LogP contribution in [0.15, 0.2) is 55.0 Å². The van der Waals surface area contributed by atoms with Gasteiger partial charge in [0.25, 0.3) is 0 Å². The van der Waals surface area contributed by atoms with Crippen LogP contribution in [0.3, 0.4) is 0 Å². The van der Waals surface area contributed by atoms with Crippen molar-refractivity contribution in [2.24, 2.45) is 5.84 Å². The Labute approximate surface area is 116 Å². The molecule has 0 spiro atoms. The van der Waals surface area contributed by atoms with Crippen LogP contribution >= 0.6 is 0 Å². The number of nitrogens with zero attached hydrogens (tertiary/aromatic N) is 3. The number of pyridine rings is 1. The molecule has 100 valence electrons. The van der Waals surface area contributed by atoms with Gasteiger partial charge >= 0.3 is 0 Å². The van der Waals surface area contributed by atoms with Gasteiger partial charge in [-0.2, -0.15) is 0 Å². The van der Waals surface area contributed by atoms with Crippen LogP contribution in [0.4, 0.5) is 0 Å². The van der Waals surface area contributed by atoms with E-state index in [1.807, 2.05) is 36.4 Å². The molecule has 0 amide bonds. The van der Waals surface area contributed by atoms with Crippen molar-refractivity contribution in [3.8, 4) is 0 Å². The van der Waals surface area contributed by atoms with Crippen molar-refractivity contribution in [1.29, 1.82) is 0 Å². The van der Waals surface area contributed by atoms with Crippen LogP contribution in [-0.4, -0.2) is 15.0 Å². The van der Waals surface area contributed by atoms with Crippen molar-refractivity contribution in [2.45, 2.75) is 12.5 Å². The lowest BCUT2D eigenvalue weighted by Crippen LogP contribution is -2.30. The van der Waals surface area contributed by atoms with E-state index in [0.29, 0.717) is 6.42 Å². The summed E-state index contributed by atoms with van der Waals surface area (Å²) in [5, 5.41) is 0. The van der Waals surface area contributed by atoms with E-state index in [1.165, 1.54) is 0 Å². The minimum absolute atomic E-state index is 0.0506. The molecule has 1 unspecified atom stereocenters. The van der Waals surface area contributed by atoms with E-state index in [4.69, 9.17) is 5.84 Å². The molecule has 2 heterocycles. The largest absolute Gasteiger partial charge is 0.271 e. The summed E-state index contributed by atoms with van der Waals surface area (Å²) in [6.45, 7) is 0. The summed E-state index contributed by atoms with van der Waals surface area (Å²) >= 11 is 0. The molecule has 0 bridgehead atoms. The van der Waals surface area contributed by atoms with Gasteiger partial charge in [-0.1, -0.05) is 18.2 Å². The molecule has 1 atom stereocenters. The second-order valence-electron chi connectivity index (χ2n) is 4.52. The molecule has 5 heteroatoms. The van der Waals surface area contributed by atoms with E-state index in [2.05, 4.69) is 20.4 Å². The average molecular weight is 265 g/mol. The molecule has 3 rings (SSSR count). The van der Waals surface area contributed by atoms with Crippen LogP contribution in [0, 0.1) is 0 Å². The molecule has 20 heavy (non-hydrogen) atoms. The van der Waals surface area contributed by atoms with Crippen molar-refractivity contribution in [3.63, 3.8) is 0 Å². The predicted molar refractivity (Wildman–Crippen MR) is 77.5 cm³/mol. The molecule has 3 aromatic rings. The minimum atomic E-state index is -0.0506. The first kappa shape index (κ1) is 12.7. The Balaban J connectivity index is 1.99. The van der Waals surface area contributed by atoms with Crippen molar-refractivity contribution < 1.29 is 0 Å². The SMILES string of the molecule is NNC(Cc1ccccn1)c1cccc2nccnc12. The van der Waals surface area contributed by atoms with Gasteiger partial charge in [-0.05, 0) is 23.8 Å². The molecule has 2 aromatic heterocycles. The van der Waals surface area contributed by atoms with Crippen LogP contribution in [0.1, 0.15) is 17.3 Å². The number of nitrogens with one attached hydrogen (secondary N) is 1. The van der Waals surface area contributed by atoms with E-state index in [0.717, 1.165) is 22.3 Å². The molecule has 1 aromatic carbocycles. The van der Waals surface area contributed by atoms with Crippen LogP contribution in [0.2, 0.25) is 0 Å². The first-order chi connectivity index (χ1) is 9.88. The monoisotopic (exact) mass is 265 g/mol. The Bertz CT molecular complexity index is 693. The maximum absolute atomic E-state index is 5.72. The molecular weight excluding hydrogens is 250 g/mol. The van der Waals surface area contributed by atoms with Gasteiger partial charge in [0.2, 0.25) is 0 Å². The maximum Gasteiger partial charge on any atom is 0.0935 e. The number of hydrogen-bond acceptors (Lipinski definition) is 5. The Morgan fingerprint density at radius 3 is 2.65 bits per heavy atom. The van der Waals surface area contributed by atoms with E-state index in [-0.39, 0.29) is 6.04 Å². The highest BCUT2D eigenvalue weighted by Crippen LogP contribution is 2.23. The zero-order chi connectivity index (χ0) is 13.8. The van der Waals surface area contributed by atoms with E-state index in [1.54, 1.807) is 18.6 Å². The molecule has 0 radical (unpaired) electrons. The number of fused-ring (bicyclic) bond motifs is 1. The van der Waals surface area contributed by atoms with Gasteiger partial charge in [-0.25, -0.2) is 0 Å². The molecule has 0 saturated carbocycles. The summed E-state index contributed by atoms with van der Waals surface area (Å²) in [6, 6.07) is 11.7. The fourth-order valence-electron chi connectivity index (χ4n) is 2.28. The summed E-state index contributed by atoms with van der Waals surface area (Å²) in [7, 11) is 0. The van der Waals surface area contributed by atoms with Crippen molar-refractivity contribution in [3.05, 3.63) is 66.2 Å². The number of hydrogen-bond donors (Lipinski definition) is 2. The van der Waals surface area contributed by atoms with Gasteiger partial charge in [-0.3, -0.25) is 26.2 Å². The summed E-state index contributed by atoms with van der Waals surface area (Å²) in [6.07, 6.45) is 5.87. The lowest BCUT2D eigenvalue weighted by atomic mass is 10.0. The van der Waals surface area contributed by atoms with Crippen molar-refractivity contribution in [1.82, 2.24) is 20.4 Å².